The summed E-state index contributed by atoms with van der Waals surface area (Å²) >= 11 is 13.6. The van der Waals surface area contributed by atoms with Crippen LogP contribution in [0.25, 0.3) is 0 Å². The van der Waals surface area contributed by atoms with Crippen molar-refractivity contribution < 1.29 is 13.2 Å². The standard InChI is InChI=1S/C23H23Cl2N3O3S2/c1-15-9-16(2)23(17(3)10-15)33(30,31)28(13-18-6-7-20(24)21(25)11-18)14-22(29)27-26-12-19-5-4-8-32-19/h4-12H,13-14H2,1-3H3,(H,27,29)/b26-12+. The minimum Gasteiger partial charge on any atom is -0.272 e. The molecule has 1 aromatic heterocycles. The van der Waals surface area contributed by atoms with Crippen LogP contribution < -0.4 is 5.43 Å². The zero-order valence-corrected chi connectivity index (χ0v) is 21.4. The van der Waals surface area contributed by atoms with Gasteiger partial charge in [0.05, 0.1) is 27.7 Å². The van der Waals surface area contributed by atoms with E-state index in [1.54, 1.807) is 32.0 Å². The Morgan fingerprint density at radius 2 is 1.79 bits per heavy atom. The van der Waals surface area contributed by atoms with E-state index < -0.39 is 22.5 Å². The number of rotatable bonds is 8. The molecule has 3 aromatic rings. The number of nitrogens with zero attached hydrogens (tertiary/aromatic N) is 2. The Hall–Kier alpha value is -2.23. The summed E-state index contributed by atoms with van der Waals surface area (Å²) in [6, 6.07) is 12.2. The Morgan fingerprint density at radius 3 is 2.39 bits per heavy atom. The molecule has 6 nitrogen and oxygen atoms in total. The molecule has 0 atom stereocenters. The van der Waals surface area contributed by atoms with Crippen molar-refractivity contribution >= 4 is 56.7 Å². The zero-order valence-electron chi connectivity index (χ0n) is 18.3. The van der Waals surface area contributed by atoms with E-state index in [1.165, 1.54) is 17.6 Å². The number of aryl methyl sites for hydroxylation is 3. The minimum absolute atomic E-state index is 0.0615. The van der Waals surface area contributed by atoms with Gasteiger partial charge in [-0.2, -0.15) is 9.41 Å². The fourth-order valence-corrected chi connectivity index (χ4v) is 6.20. The predicted octanol–water partition coefficient (Wildman–Crippen LogP) is 5.32. The number of hydrogen-bond donors (Lipinski definition) is 1. The molecule has 0 saturated heterocycles. The van der Waals surface area contributed by atoms with Crippen LogP contribution in [0, 0.1) is 20.8 Å². The van der Waals surface area contributed by atoms with Gasteiger partial charge in [0.25, 0.3) is 5.91 Å². The number of benzene rings is 2. The number of sulfonamides is 1. The van der Waals surface area contributed by atoms with Gasteiger partial charge in [-0.1, -0.05) is 53.0 Å². The first-order chi connectivity index (χ1) is 15.6. The maximum Gasteiger partial charge on any atom is 0.255 e. The lowest BCUT2D eigenvalue weighted by atomic mass is 10.1. The number of halogens is 2. The fraction of sp³-hybridized carbons (Fsp3) is 0.217. The number of hydrazone groups is 1. The first-order valence-electron chi connectivity index (χ1n) is 9.95. The van der Waals surface area contributed by atoms with Gasteiger partial charge >= 0.3 is 0 Å². The van der Waals surface area contributed by atoms with Crippen molar-refractivity contribution in [3.05, 3.63) is 85.0 Å². The third kappa shape index (κ3) is 6.43. The van der Waals surface area contributed by atoms with Crippen LogP contribution in [0.3, 0.4) is 0 Å². The van der Waals surface area contributed by atoms with E-state index in [4.69, 9.17) is 23.2 Å². The third-order valence-corrected chi connectivity index (χ3v) is 8.43. The fourth-order valence-electron chi connectivity index (χ4n) is 3.50. The van der Waals surface area contributed by atoms with Gasteiger partial charge in [0.1, 0.15) is 0 Å². The SMILES string of the molecule is Cc1cc(C)c(S(=O)(=O)N(CC(=O)N/N=C/c2cccs2)Cc2ccc(Cl)c(Cl)c2)c(C)c1. The Labute approximate surface area is 207 Å². The van der Waals surface area contributed by atoms with Gasteiger partial charge in [-0.3, -0.25) is 4.79 Å². The number of hydrogen-bond acceptors (Lipinski definition) is 5. The summed E-state index contributed by atoms with van der Waals surface area (Å²) in [4.78, 5) is 13.7. The molecule has 0 saturated carbocycles. The lowest BCUT2D eigenvalue weighted by molar-refractivity contribution is -0.121. The van der Waals surface area contributed by atoms with Gasteiger partial charge in [0, 0.05) is 11.4 Å². The van der Waals surface area contributed by atoms with Crippen molar-refractivity contribution in [3.8, 4) is 0 Å². The molecule has 1 N–H and O–H groups in total. The van der Waals surface area contributed by atoms with Crippen LogP contribution in [0.1, 0.15) is 27.1 Å². The van der Waals surface area contributed by atoms with Gasteiger partial charge in [0.15, 0.2) is 0 Å². The summed E-state index contributed by atoms with van der Waals surface area (Å²) in [5, 5.41) is 6.48. The van der Waals surface area contributed by atoms with E-state index in [-0.39, 0.29) is 11.4 Å². The second-order valence-corrected chi connectivity index (χ2v) is 11.2. The molecule has 0 unspecified atom stereocenters. The molecule has 3 rings (SSSR count). The predicted molar refractivity (Wildman–Crippen MR) is 135 cm³/mol. The summed E-state index contributed by atoms with van der Waals surface area (Å²) in [7, 11) is -4.02. The number of carbonyl (C=O) groups is 1. The summed E-state index contributed by atoms with van der Waals surface area (Å²) in [6.07, 6.45) is 1.51. The van der Waals surface area contributed by atoms with E-state index in [1.807, 2.05) is 36.6 Å². The molecule has 10 heteroatoms. The molecule has 0 bridgehead atoms. The number of thiophene rings is 1. The van der Waals surface area contributed by atoms with Crippen molar-refractivity contribution in [1.29, 1.82) is 0 Å². The van der Waals surface area contributed by atoms with Crippen LogP contribution in [-0.4, -0.2) is 31.4 Å². The van der Waals surface area contributed by atoms with Crippen LogP contribution >= 0.6 is 34.5 Å². The van der Waals surface area contributed by atoms with E-state index in [2.05, 4.69) is 10.5 Å². The van der Waals surface area contributed by atoms with Crippen LogP contribution in [0.5, 0.6) is 0 Å². The van der Waals surface area contributed by atoms with Crippen LogP contribution in [-0.2, 0) is 21.4 Å². The van der Waals surface area contributed by atoms with Crippen molar-refractivity contribution in [2.45, 2.75) is 32.2 Å². The summed E-state index contributed by atoms with van der Waals surface area (Å²) in [6.45, 7) is 4.92. The van der Waals surface area contributed by atoms with Crippen LogP contribution in [0.2, 0.25) is 10.0 Å². The second kappa shape index (κ2) is 10.8. The van der Waals surface area contributed by atoms with Gasteiger partial charge < -0.3 is 0 Å². The normalized spacial score (nSPS) is 11.9. The van der Waals surface area contributed by atoms with Crippen molar-refractivity contribution in [2.75, 3.05) is 6.54 Å². The highest BCUT2D eigenvalue weighted by Gasteiger charge is 2.30. The lowest BCUT2D eigenvalue weighted by Gasteiger charge is -2.24. The Bertz CT molecular complexity index is 1270. The highest BCUT2D eigenvalue weighted by molar-refractivity contribution is 7.89. The second-order valence-electron chi connectivity index (χ2n) is 7.56. The summed E-state index contributed by atoms with van der Waals surface area (Å²) in [5.41, 5.74) is 5.19. The molecule has 1 amide bonds. The van der Waals surface area contributed by atoms with Gasteiger partial charge in [-0.05, 0) is 61.0 Å². The van der Waals surface area contributed by atoms with Crippen molar-refractivity contribution in [2.24, 2.45) is 5.10 Å². The minimum atomic E-state index is -4.02. The Morgan fingerprint density at radius 1 is 1.09 bits per heavy atom. The lowest BCUT2D eigenvalue weighted by Crippen LogP contribution is -2.39. The largest absolute Gasteiger partial charge is 0.272 e. The maximum atomic E-state index is 13.7. The van der Waals surface area contributed by atoms with E-state index >= 15 is 0 Å². The van der Waals surface area contributed by atoms with Gasteiger partial charge in [-0.25, -0.2) is 13.8 Å². The van der Waals surface area contributed by atoms with Crippen LogP contribution in [0.15, 0.2) is 57.8 Å². The molecular weight excluding hydrogens is 501 g/mol. The summed E-state index contributed by atoms with van der Waals surface area (Å²) in [5.74, 6) is -0.561. The van der Waals surface area contributed by atoms with E-state index in [0.29, 0.717) is 26.7 Å². The Balaban J connectivity index is 1.92. The number of nitrogens with one attached hydrogen (secondary N) is 1. The molecular formula is C23H23Cl2N3O3S2. The molecule has 0 radical (unpaired) electrons. The third-order valence-electron chi connectivity index (χ3n) is 4.79. The molecule has 0 spiro atoms. The molecule has 0 aliphatic carbocycles. The molecule has 1 heterocycles. The van der Waals surface area contributed by atoms with Gasteiger partial charge in [0.2, 0.25) is 10.0 Å². The monoisotopic (exact) mass is 523 g/mol. The highest BCUT2D eigenvalue weighted by Crippen LogP contribution is 2.28. The summed E-state index contributed by atoms with van der Waals surface area (Å²) < 4.78 is 28.5. The average Bonchev–Trinajstić information content (AvgIpc) is 3.22. The highest BCUT2D eigenvalue weighted by atomic mass is 35.5. The quantitative estimate of drug-likeness (QED) is 0.320. The smallest absolute Gasteiger partial charge is 0.255 e. The first kappa shape index (κ1) is 25.4. The van der Waals surface area contributed by atoms with E-state index in [9.17, 15) is 13.2 Å². The maximum absolute atomic E-state index is 13.7. The average molecular weight is 524 g/mol. The Kier molecular flexibility index (Phi) is 8.31. The molecule has 0 aliphatic heterocycles. The first-order valence-corrected chi connectivity index (χ1v) is 13.0. The molecule has 33 heavy (non-hydrogen) atoms. The van der Waals surface area contributed by atoms with Crippen molar-refractivity contribution in [3.63, 3.8) is 0 Å². The molecule has 0 fully saturated rings. The van der Waals surface area contributed by atoms with Crippen LogP contribution in [0.4, 0.5) is 0 Å². The number of amides is 1. The molecule has 2 aromatic carbocycles. The molecule has 0 aliphatic rings. The topological polar surface area (TPSA) is 78.8 Å². The van der Waals surface area contributed by atoms with E-state index in [0.717, 1.165) is 14.7 Å². The molecule has 174 valence electrons. The van der Waals surface area contributed by atoms with Gasteiger partial charge in [-0.15, -0.1) is 11.3 Å². The van der Waals surface area contributed by atoms with Crippen molar-refractivity contribution in [1.82, 2.24) is 9.73 Å². The number of carbonyl (C=O) groups excluding carboxylic acids is 1. The zero-order chi connectivity index (χ0) is 24.2.